The molecule has 41 heavy (non-hydrogen) atoms. The van der Waals surface area contributed by atoms with Gasteiger partial charge in [-0.2, -0.15) is 13.2 Å². The molecule has 0 spiro atoms. The first-order chi connectivity index (χ1) is 19.1. The lowest BCUT2D eigenvalue weighted by atomic mass is 9.98. The summed E-state index contributed by atoms with van der Waals surface area (Å²) in [5.41, 5.74) is 0.287. The fourth-order valence-corrected chi connectivity index (χ4v) is 4.58. The molecule has 1 amide bonds. The van der Waals surface area contributed by atoms with E-state index in [0.717, 1.165) is 38.3 Å². The quantitative estimate of drug-likeness (QED) is 0.188. The van der Waals surface area contributed by atoms with Crippen LogP contribution >= 0.6 is 0 Å². The molecular formula is C28H36F4N6O3. The molecule has 0 aromatic heterocycles. The summed E-state index contributed by atoms with van der Waals surface area (Å²) in [6.07, 6.45) is -4.75. The Labute approximate surface area is 236 Å². The van der Waals surface area contributed by atoms with Crippen LogP contribution in [0.25, 0.3) is 0 Å². The van der Waals surface area contributed by atoms with Crippen molar-refractivity contribution < 1.29 is 32.6 Å². The molecule has 2 aromatic rings. The number of carbonyl (C=O) groups is 1. The van der Waals surface area contributed by atoms with Crippen molar-refractivity contribution in [1.82, 2.24) is 15.1 Å². The molecule has 0 saturated carbocycles. The standard InChI is InChI=1S/C28H36F4N6O3/c1-16(2)20-12-21(24(40)13-23(20)39)25(33)38(26(34)27(41)35-15-28(30,31)32)19-6-5-18(22(29)11-19)14-36-7-9-37(10-8-36)17(3)4/h5-6,11-13,16-17,33-34,39-40H,7-10,14-15H2,1-4H3,(H,35,41). The van der Waals surface area contributed by atoms with Gasteiger partial charge in [0.15, 0.2) is 5.84 Å². The summed E-state index contributed by atoms with van der Waals surface area (Å²) in [4.78, 5) is 17.6. The number of amidine groups is 2. The summed E-state index contributed by atoms with van der Waals surface area (Å²) >= 11 is 0. The first kappa shape index (κ1) is 31.8. The zero-order valence-electron chi connectivity index (χ0n) is 23.4. The average Bonchev–Trinajstić information content (AvgIpc) is 2.88. The number of phenols is 2. The number of halogens is 4. The molecule has 2 aromatic carbocycles. The third kappa shape index (κ3) is 7.94. The number of nitrogens with one attached hydrogen (secondary N) is 3. The van der Waals surface area contributed by atoms with E-state index in [2.05, 4.69) is 23.6 Å². The molecule has 0 unspecified atom stereocenters. The van der Waals surface area contributed by atoms with Crippen LogP contribution < -0.4 is 10.2 Å². The van der Waals surface area contributed by atoms with Crippen LogP contribution in [0.3, 0.4) is 0 Å². The number of rotatable bonds is 7. The summed E-state index contributed by atoms with van der Waals surface area (Å²) in [6, 6.07) is 6.49. The van der Waals surface area contributed by atoms with Crippen LogP contribution in [0.5, 0.6) is 11.5 Å². The van der Waals surface area contributed by atoms with Crippen molar-refractivity contribution in [3.8, 4) is 11.5 Å². The number of benzene rings is 2. The normalized spacial score (nSPS) is 14.9. The Morgan fingerprint density at radius 3 is 2.20 bits per heavy atom. The van der Waals surface area contributed by atoms with Crippen LogP contribution in [0.1, 0.15) is 50.3 Å². The van der Waals surface area contributed by atoms with E-state index in [0.29, 0.717) is 28.6 Å². The van der Waals surface area contributed by atoms with Gasteiger partial charge in [0.05, 0.1) is 11.3 Å². The number of alkyl halides is 3. The van der Waals surface area contributed by atoms with E-state index >= 15 is 4.39 Å². The zero-order valence-corrected chi connectivity index (χ0v) is 23.4. The van der Waals surface area contributed by atoms with Crippen molar-refractivity contribution in [3.63, 3.8) is 0 Å². The lowest BCUT2D eigenvalue weighted by Gasteiger charge is -2.37. The SMILES string of the molecule is CC(C)c1cc(C(=N)N(C(=N)C(=O)NCC(F)(F)F)c2ccc(CN3CCN(C(C)C)CC3)c(F)c2)c(O)cc1O. The Balaban J connectivity index is 1.95. The molecule has 5 N–H and O–H groups in total. The number of phenolic OH excluding ortho intramolecular Hbond substituents is 2. The van der Waals surface area contributed by atoms with Crippen molar-refractivity contribution in [1.29, 1.82) is 10.8 Å². The predicted octanol–water partition coefficient (Wildman–Crippen LogP) is 4.37. The summed E-state index contributed by atoms with van der Waals surface area (Å²) in [6.45, 7) is 9.45. The van der Waals surface area contributed by atoms with Crippen molar-refractivity contribution >= 4 is 23.3 Å². The van der Waals surface area contributed by atoms with Gasteiger partial charge in [0.2, 0.25) is 0 Å². The van der Waals surface area contributed by atoms with Crippen LogP contribution in [0.4, 0.5) is 23.2 Å². The molecule has 13 heteroatoms. The molecule has 224 valence electrons. The lowest BCUT2D eigenvalue weighted by Crippen LogP contribution is -2.48. The molecule has 1 aliphatic rings. The smallest absolute Gasteiger partial charge is 0.405 e. The van der Waals surface area contributed by atoms with Gasteiger partial charge in [-0.05, 0) is 43.5 Å². The van der Waals surface area contributed by atoms with Gasteiger partial charge in [-0.1, -0.05) is 19.9 Å². The minimum atomic E-state index is -4.75. The van der Waals surface area contributed by atoms with E-state index in [1.807, 2.05) is 0 Å². The number of hydrogen-bond acceptors (Lipinski definition) is 7. The molecule has 1 fully saturated rings. The lowest BCUT2D eigenvalue weighted by molar-refractivity contribution is -0.134. The maximum absolute atomic E-state index is 15.4. The Kier molecular flexibility index (Phi) is 9.98. The highest BCUT2D eigenvalue weighted by Crippen LogP contribution is 2.34. The first-order valence-corrected chi connectivity index (χ1v) is 13.2. The Morgan fingerprint density at radius 2 is 1.66 bits per heavy atom. The molecule has 1 saturated heterocycles. The third-order valence-corrected chi connectivity index (χ3v) is 6.96. The van der Waals surface area contributed by atoms with Gasteiger partial charge in [-0.15, -0.1) is 0 Å². The molecule has 0 aliphatic carbocycles. The topological polar surface area (TPSA) is 127 Å². The van der Waals surface area contributed by atoms with Gasteiger partial charge < -0.3 is 15.5 Å². The average molecular weight is 581 g/mol. The van der Waals surface area contributed by atoms with Crippen LogP contribution in [0, 0.1) is 16.6 Å². The van der Waals surface area contributed by atoms with Crippen molar-refractivity contribution in [2.75, 3.05) is 37.6 Å². The van der Waals surface area contributed by atoms with Crippen LogP contribution in [-0.4, -0.2) is 82.5 Å². The molecule has 0 bridgehead atoms. The minimum Gasteiger partial charge on any atom is -0.508 e. The minimum absolute atomic E-state index is 0.174. The maximum Gasteiger partial charge on any atom is 0.405 e. The van der Waals surface area contributed by atoms with E-state index < -0.39 is 41.9 Å². The molecule has 0 radical (unpaired) electrons. The van der Waals surface area contributed by atoms with Crippen LogP contribution in [0.2, 0.25) is 0 Å². The van der Waals surface area contributed by atoms with Crippen molar-refractivity contribution in [2.45, 2.75) is 52.4 Å². The van der Waals surface area contributed by atoms with E-state index in [9.17, 15) is 28.2 Å². The second kappa shape index (κ2) is 12.9. The van der Waals surface area contributed by atoms with Crippen molar-refractivity contribution in [3.05, 3.63) is 52.8 Å². The van der Waals surface area contributed by atoms with Crippen molar-refractivity contribution in [2.24, 2.45) is 0 Å². The number of anilines is 1. The Morgan fingerprint density at radius 1 is 1.02 bits per heavy atom. The summed E-state index contributed by atoms with van der Waals surface area (Å²) in [5.74, 6) is -4.96. The molecule has 3 rings (SSSR count). The molecular weight excluding hydrogens is 544 g/mol. The molecule has 0 atom stereocenters. The second-order valence-corrected chi connectivity index (χ2v) is 10.6. The number of nitrogens with zero attached hydrogens (tertiary/aromatic N) is 3. The fourth-order valence-electron chi connectivity index (χ4n) is 4.58. The zero-order chi connectivity index (χ0) is 30.6. The van der Waals surface area contributed by atoms with E-state index in [-0.39, 0.29) is 22.9 Å². The van der Waals surface area contributed by atoms with Gasteiger partial charge >= 0.3 is 6.18 Å². The highest BCUT2D eigenvalue weighted by molar-refractivity contribution is 6.48. The fraction of sp³-hybridized carbons (Fsp3) is 0.464. The number of carbonyl (C=O) groups excluding carboxylic acids is 1. The number of amides is 1. The Hall–Kier alpha value is -3.71. The first-order valence-electron chi connectivity index (χ1n) is 13.2. The largest absolute Gasteiger partial charge is 0.508 e. The van der Waals surface area contributed by atoms with Gasteiger partial charge in [-0.25, -0.2) is 4.39 Å². The highest BCUT2D eigenvalue weighted by atomic mass is 19.4. The summed E-state index contributed by atoms with van der Waals surface area (Å²) in [5, 5.41) is 39.4. The number of piperazine rings is 1. The van der Waals surface area contributed by atoms with E-state index in [4.69, 9.17) is 10.8 Å². The monoisotopic (exact) mass is 580 g/mol. The highest BCUT2D eigenvalue weighted by Gasteiger charge is 2.32. The molecule has 9 nitrogen and oxygen atoms in total. The molecule has 1 aliphatic heterocycles. The number of hydrogen-bond donors (Lipinski definition) is 5. The van der Waals surface area contributed by atoms with E-state index in [1.165, 1.54) is 18.2 Å². The summed E-state index contributed by atoms with van der Waals surface area (Å²) < 4.78 is 53.6. The van der Waals surface area contributed by atoms with E-state index in [1.54, 1.807) is 19.2 Å². The summed E-state index contributed by atoms with van der Waals surface area (Å²) in [7, 11) is 0. The Bertz CT molecular complexity index is 1290. The van der Waals surface area contributed by atoms with Crippen LogP contribution in [-0.2, 0) is 11.3 Å². The van der Waals surface area contributed by atoms with Gasteiger partial charge in [-0.3, -0.25) is 30.3 Å². The van der Waals surface area contributed by atoms with Crippen LogP contribution in [0.15, 0.2) is 30.3 Å². The van der Waals surface area contributed by atoms with Gasteiger partial charge in [0.1, 0.15) is 29.7 Å². The third-order valence-electron chi connectivity index (χ3n) is 6.96. The maximum atomic E-state index is 15.4. The molecule has 1 heterocycles. The predicted molar refractivity (Wildman–Crippen MR) is 148 cm³/mol. The van der Waals surface area contributed by atoms with Gasteiger partial charge in [0.25, 0.3) is 5.91 Å². The van der Waals surface area contributed by atoms with Gasteiger partial charge in [0, 0.05) is 50.4 Å². The number of aromatic hydroxyl groups is 2. The second-order valence-electron chi connectivity index (χ2n) is 10.6.